The average Bonchev–Trinajstić information content (AvgIpc) is 2.53. The summed E-state index contributed by atoms with van der Waals surface area (Å²) in [5.41, 5.74) is 0. The van der Waals surface area contributed by atoms with Gasteiger partial charge in [-0.1, -0.05) is 0 Å². The van der Waals surface area contributed by atoms with E-state index in [-0.39, 0.29) is 24.7 Å². The Morgan fingerprint density at radius 3 is 2.59 bits per heavy atom. The molecule has 1 atom stereocenters. The first-order chi connectivity index (χ1) is 7.77. The van der Waals surface area contributed by atoms with Crippen LogP contribution in [0.2, 0.25) is 0 Å². The molecule has 0 saturated carbocycles. The third-order valence-electron chi connectivity index (χ3n) is 2.59. The van der Waals surface area contributed by atoms with Crippen LogP contribution >= 0.6 is 0 Å². The summed E-state index contributed by atoms with van der Waals surface area (Å²) in [7, 11) is -5.36. The van der Waals surface area contributed by atoms with Crippen LogP contribution in [0.3, 0.4) is 0 Å². The van der Waals surface area contributed by atoms with Gasteiger partial charge in [0.2, 0.25) is 0 Å². The molecule has 0 aromatic carbocycles. The van der Waals surface area contributed by atoms with E-state index in [2.05, 4.69) is 4.72 Å². The van der Waals surface area contributed by atoms with Crippen molar-refractivity contribution in [3.05, 3.63) is 0 Å². The molecule has 1 aliphatic rings. The molecular formula is C8H18N2O5S2. The third kappa shape index (κ3) is 4.51. The van der Waals surface area contributed by atoms with Gasteiger partial charge in [0.25, 0.3) is 10.2 Å². The van der Waals surface area contributed by atoms with Crippen molar-refractivity contribution in [2.45, 2.75) is 18.9 Å². The maximum Gasteiger partial charge on any atom is 0.279 e. The van der Waals surface area contributed by atoms with Gasteiger partial charge in [0.1, 0.15) is 0 Å². The van der Waals surface area contributed by atoms with E-state index in [1.165, 1.54) is 7.05 Å². The molecule has 1 saturated heterocycles. The Morgan fingerprint density at radius 1 is 1.47 bits per heavy atom. The molecule has 0 aromatic heterocycles. The van der Waals surface area contributed by atoms with Crippen LogP contribution in [0.15, 0.2) is 0 Å². The van der Waals surface area contributed by atoms with E-state index < -0.39 is 26.1 Å². The Labute approximate surface area is 102 Å². The van der Waals surface area contributed by atoms with Crippen molar-refractivity contribution in [3.63, 3.8) is 0 Å². The molecule has 0 bridgehead atoms. The van der Waals surface area contributed by atoms with E-state index in [0.29, 0.717) is 12.8 Å². The van der Waals surface area contributed by atoms with Crippen LogP contribution in [-0.4, -0.2) is 64.0 Å². The largest absolute Gasteiger partial charge is 0.396 e. The molecule has 1 fully saturated rings. The van der Waals surface area contributed by atoms with E-state index in [4.69, 9.17) is 5.11 Å². The number of aliphatic hydroxyl groups is 1. The molecule has 7 nitrogen and oxygen atoms in total. The maximum atomic E-state index is 11.7. The molecule has 1 unspecified atom stereocenters. The number of nitrogens with one attached hydrogen (secondary N) is 1. The molecule has 102 valence electrons. The van der Waals surface area contributed by atoms with Gasteiger partial charge in [-0.15, -0.1) is 0 Å². The van der Waals surface area contributed by atoms with Gasteiger partial charge >= 0.3 is 0 Å². The minimum absolute atomic E-state index is 0.0283. The molecule has 2 N–H and O–H groups in total. The first kappa shape index (κ1) is 14.8. The second-order valence-electron chi connectivity index (χ2n) is 4.12. The predicted octanol–water partition coefficient (Wildman–Crippen LogP) is -1.68. The van der Waals surface area contributed by atoms with Crippen LogP contribution in [0.25, 0.3) is 0 Å². The topological polar surface area (TPSA) is 104 Å². The second-order valence-corrected chi connectivity index (χ2v) is 8.16. The lowest BCUT2D eigenvalue weighted by Crippen LogP contribution is -2.44. The summed E-state index contributed by atoms with van der Waals surface area (Å²) in [6, 6.07) is -0.540. The fourth-order valence-corrected chi connectivity index (χ4v) is 4.55. The summed E-state index contributed by atoms with van der Waals surface area (Å²) in [4.78, 5) is 0. The Kier molecular flexibility index (Phi) is 4.90. The van der Waals surface area contributed by atoms with Crippen LogP contribution in [-0.2, 0) is 20.0 Å². The molecule has 0 spiro atoms. The van der Waals surface area contributed by atoms with Gasteiger partial charge in [-0.2, -0.15) is 17.4 Å². The number of rotatable bonds is 6. The zero-order valence-corrected chi connectivity index (χ0v) is 11.3. The van der Waals surface area contributed by atoms with Gasteiger partial charge < -0.3 is 5.11 Å². The molecule has 1 heterocycles. The maximum absolute atomic E-state index is 11.7. The van der Waals surface area contributed by atoms with Gasteiger partial charge in [0.05, 0.1) is 11.5 Å². The molecule has 9 heteroatoms. The van der Waals surface area contributed by atoms with Gasteiger partial charge in [-0.05, 0) is 12.8 Å². The van der Waals surface area contributed by atoms with E-state index in [9.17, 15) is 16.8 Å². The summed E-state index contributed by atoms with van der Waals surface area (Å²) in [6.07, 6.45) is 0.662. The van der Waals surface area contributed by atoms with Crippen LogP contribution in [0.4, 0.5) is 0 Å². The van der Waals surface area contributed by atoms with Crippen molar-refractivity contribution in [2.24, 2.45) is 0 Å². The van der Waals surface area contributed by atoms with Gasteiger partial charge in [-0.3, -0.25) is 0 Å². The number of nitrogens with zero attached hydrogens (tertiary/aromatic N) is 1. The van der Waals surface area contributed by atoms with Crippen molar-refractivity contribution in [1.29, 1.82) is 0 Å². The zero-order chi connectivity index (χ0) is 13.1. The minimum atomic E-state index is -3.66. The van der Waals surface area contributed by atoms with Crippen LogP contribution in [0, 0.1) is 0 Å². The van der Waals surface area contributed by atoms with Gasteiger partial charge in [0.15, 0.2) is 9.84 Å². The highest BCUT2D eigenvalue weighted by molar-refractivity contribution is 7.91. The van der Waals surface area contributed by atoms with Crippen molar-refractivity contribution in [1.82, 2.24) is 9.03 Å². The molecule has 0 aromatic rings. The Morgan fingerprint density at radius 2 is 2.12 bits per heavy atom. The van der Waals surface area contributed by atoms with E-state index >= 15 is 0 Å². The summed E-state index contributed by atoms with van der Waals surface area (Å²) in [5.74, 6) is -0.111. The first-order valence-electron chi connectivity index (χ1n) is 5.32. The lowest BCUT2D eigenvalue weighted by molar-refractivity contribution is 0.275. The standard InChI is InChI=1S/C8H18N2O5S2/c1-10(4-2-5-11)17(14,15)9-8-3-6-16(12,13)7-8/h8-9,11H,2-7H2,1H3. The predicted molar refractivity (Wildman–Crippen MR) is 63.4 cm³/mol. The van der Waals surface area contributed by atoms with E-state index in [1.54, 1.807) is 0 Å². The van der Waals surface area contributed by atoms with E-state index in [1.807, 2.05) is 0 Å². The number of sulfone groups is 1. The van der Waals surface area contributed by atoms with Crippen molar-refractivity contribution in [2.75, 3.05) is 31.7 Å². The Hall–Kier alpha value is -0.220. The van der Waals surface area contributed by atoms with Crippen molar-refractivity contribution in [3.8, 4) is 0 Å². The Bertz CT molecular complexity index is 445. The van der Waals surface area contributed by atoms with Crippen molar-refractivity contribution >= 4 is 20.0 Å². The number of hydrogen-bond donors (Lipinski definition) is 2. The third-order valence-corrected chi connectivity index (χ3v) is 5.99. The first-order valence-corrected chi connectivity index (χ1v) is 8.58. The highest BCUT2D eigenvalue weighted by atomic mass is 32.2. The fraction of sp³-hybridized carbons (Fsp3) is 1.00. The fourth-order valence-electron chi connectivity index (χ4n) is 1.60. The smallest absolute Gasteiger partial charge is 0.279 e. The average molecular weight is 286 g/mol. The lowest BCUT2D eigenvalue weighted by Gasteiger charge is -2.19. The molecular weight excluding hydrogens is 268 g/mol. The zero-order valence-electron chi connectivity index (χ0n) is 9.66. The monoisotopic (exact) mass is 286 g/mol. The van der Waals surface area contributed by atoms with Gasteiger partial charge in [-0.25, -0.2) is 8.42 Å². The highest BCUT2D eigenvalue weighted by Crippen LogP contribution is 2.12. The normalized spacial score (nSPS) is 24.3. The molecule has 0 radical (unpaired) electrons. The van der Waals surface area contributed by atoms with Crippen LogP contribution < -0.4 is 4.72 Å². The van der Waals surface area contributed by atoms with E-state index in [0.717, 1.165) is 4.31 Å². The quantitative estimate of drug-likeness (QED) is 0.607. The summed E-state index contributed by atoms with van der Waals surface area (Å²) >= 11 is 0. The van der Waals surface area contributed by atoms with Gasteiger partial charge in [0, 0.05) is 26.2 Å². The van der Waals surface area contributed by atoms with Crippen LogP contribution in [0.1, 0.15) is 12.8 Å². The molecule has 1 rings (SSSR count). The summed E-state index contributed by atoms with van der Waals surface area (Å²) in [5, 5.41) is 8.61. The highest BCUT2D eigenvalue weighted by Gasteiger charge is 2.32. The lowest BCUT2D eigenvalue weighted by atomic mass is 10.3. The minimum Gasteiger partial charge on any atom is -0.396 e. The second kappa shape index (κ2) is 5.61. The Balaban J connectivity index is 2.55. The number of hydrogen-bond acceptors (Lipinski definition) is 5. The van der Waals surface area contributed by atoms with Crippen LogP contribution in [0.5, 0.6) is 0 Å². The number of aliphatic hydroxyl groups excluding tert-OH is 1. The molecule has 0 amide bonds. The van der Waals surface area contributed by atoms with Crippen molar-refractivity contribution < 1.29 is 21.9 Å². The molecule has 1 aliphatic heterocycles. The molecule has 0 aliphatic carbocycles. The molecule has 17 heavy (non-hydrogen) atoms. The SMILES string of the molecule is CN(CCCO)S(=O)(=O)NC1CCS(=O)(=O)C1. The summed E-state index contributed by atoms with van der Waals surface area (Å²) < 4.78 is 49.3. The summed E-state index contributed by atoms with van der Waals surface area (Å²) in [6.45, 7) is 0.114.